The molecule has 4 rings (SSSR count). The van der Waals surface area contributed by atoms with Gasteiger partial charge in [-0.2, -0.15) is 0 Å². The summed E-state index contributed by atoms with van der Waals surface area (Å²) in [5, 5.41) is 8.87. The number of primary sulfonamides is 1. The molecule has 3 atom stereocenters. The van der Waals surface area contributed by atoms with Gasteiger partial charge in [-0.05, 0) is 110 Å². The molecule has 3 N–H and O–H groups in total. The maximum absolute atomic E-state index is 14.9. The minimum Gasteiger partial charge on any atom is -0.319 e. The van der Waals surface area contributed by atoms with Crippen LogP contribution in [0.4, 0.5) is 4.39 Å². The van der Waals surface area contributed by atoms with Crippen molar-refractivity contribution in [3.63, 3.8) is 0 Å². The summed E-state index contributed by atoms with van der Waals surface area (Å²) < 4.78 is 38.9. The van der Waals surface area contributed by atoms with Gasteiger partial charge in [0.25, 0.3) is 0 Å². The molecule has 0 amide bonds. The predicted molar refractivity (Wildman–Crippen MR) is 123 cm³/mol. The highest BCUT2D eigenvalue weighted by Crippen LogP contribution is 2.42. The summed E-state index contributed by atoms with van der Waals surface area (Å²) in [6, 6.07) is 11.5. The van der Waals surface area contributed by atoms with Gasteiger partial charge in [0.1, 0.15) is 5.82 Å². The van der Waals surface area contributed by atoms with Crippen LogP contribution >= 0.6 is 11.6 Å². The van der Waals surface area contributed by atoms with Gasteiger partial charge in [0.05, 0.1) is 5.25 Å². The molecular weight excluding hydrogens is 435 g/mol. The summed E-state index contributed by atoms with van der Waals surface area (Å²) in [7, 11) is -1.67. The lowest BCUT2D eigenvalue weighted by atomic mass is 9.86. The number of sulfonamides is 1. The van der Waals surface area contributed by atoms with Crippen LogP contribution in [0.3, 0.4) is 0 Å². The van der Waals surface area contributed by atoms with E-state index in [-0.39, 0.29) is 17.7 Å². The Morgan fingerprint density at radius 1 is 1.26 bits per heavy atom. The lowest BCUT2D eigenvalue weighted by Crippen LogP contribution is -2.30. The van der Waals surface area contributed by atoms with Crippen LogP contribution in [0, 0.1) is 17.7 Å². The molecule has 2 aromatic carbocycles. The van der Waals surface area contributed by atoms with E-state index in [1.807, 2.05) is 31.3 Å². The summed E-state index contributed by atoms with van der Waals surface area (Å²) in [6.07, 6.45) is 4.21. The normalized spacial score (nSPS) is 21.8. The second-order valence-corrected chi connectivity index (χ2v) is 11.3. The van der Waals surface area contributed by atoms with Crippen molar-refractivity contribution in [2.45, 2.75) is 49.7 Å². The first-order valence-corrected chi connectivity index (χ1v) is 13.0. The fourth-order valence-electron chi connectivity index (χ4n) is 5.18. The maximum Gasteiger partial charge on any atom is 0.212 e. The molecule has 1 saturated carbocycles. The SMILES string of the molecule is CNCC1Cc2cc(F)c(CCC(C3CC3)S(N)(=O)=O)cc2C1Cc1cccc(Cl)c1. The van der Waals surface area contributed by atoms with E-state index in [0.717, 1.165) is 42.8 Å². The number of aryl methyl sites for hydroxylation is 1. The van der Waals surface area contributed by atoms with Crippen molar-refractivity contribution in [2.75, 3.05) is 13.6 Å². The first-order valence-electron chi connectivity index (χ1n) is 11.0. The van der Waals surface area contributed by atoms with E-state index < -0.39 is 15.3 Å². The van der Waals surface area contributed by atoms with E-state index >= 15 is 0 Å². The number of fused-ring (bicyclic) bond motifs is 1. The molecular formula is C24H30ClFN2O2S. The monoisotopic (exact) mass is 464 g/mol. The van der Waals surface area contributed by atoms with Gasteiger partial charge in [-0.3, -0.25) is 0 Å². The van der Waals surface area contributed by atoms with E-state index in [0.29, 0.717) is 24.3 Å². The van der Waals surface area contributed by atoms with Crippen LogP contribution in [-0.4, -0.2) is 27.3 Å². The molecule has 2 aliphatic carbocycles. The fraction of sp³-hybridized carbons (Fsp3) is 0.500. The van der Waals surface area contributed by atoms with Crippen LogP contribution in [0.5, 0.6) is 0 Å². The van der Waals surface area contributed by atoms with Gasteiger partial charge >= 0.3 is 0 Å². The van der Waals surface area contributed by atoms with Crippen molar-refractivity contribution in [1.29, 1.82) is 0 Å². The number of hydrogen-bond acceptors (Lipinski definition) is 3. The molecule has 168 valence electrons. The largest absolute Gasteiger partial charge is 0.319 e. The average molecular weight is 465 g/mol. The smallest absolute Gasteiger partial charge is 0.212 e. The molecule has 1 fully saturated rings. The zero-order chi connectivity index (χ0) is 22.2. The van der Waals surface area contributed by atoms with Crippen molar-refractivity contribution >= 4 is 21.6 Å². The summed E-state index contributed by atoms with van der Waals surface area (Å²) >= 11 is 6.19. The molecule has 3 unspecified atom stereocenters. The summed E-state index contributed by atoms with van der Waals surface area (Å²) in [4.78, 5) is 0. The van der Waals surface area contributed by atoms with Crippen molar-refractivity contribution in [2.24, 2.45) is 17.0 Å². The standard InChI is InChI=1S/C24H30ClFN2O2S/c1-28-14-19-11-18-13-23(26)17(7-8-24(16-5-6-16)31(27,29)30)12-22(18)21(19)10-15-3-2-4-20(25)9-15/h2-4,9,12-13,16,19,21,24,28H,5-8,10-11,14H2,1H3,(H2,27,29,30). The van der Waals surface area contributed by atoms with E-state index in [1.165, 1.54) is 11.1 Å². The first-order chi connectivity index (χ1) is 14.8. The average Bonchev–Trinajstić information content (AvgIpc) is 3.46. The Morgan fingerprint density at radius 3 is 2.68 bits per heavy atom. The van der Waals surface area contributed by atoms with Gasteiger partial charge in [0, 0.05) is 5.02 Å². The summed E-state index contributed by atoms with van der Waals surface area (Å²) in [5.41, 5.74) is 3.99. The lowest BCUT2D eigenvalue weighted by molar-refractivity contribution is 0.436. The zero-order valence-electron chi connectivity index (χ0n) is 17.8. The van der Waals surface area contributed by atoms with E-state index in [1.54, 1.807) is 6.07 Å². The Bertz CT molecular complexity index is 1060. The quantitative estimate of drug-likeness (QED) is 0.584. The third kappa shape index (κ3) is 5.30. The van der Waals surface area contributed by atoms with E-state index in [2.05, 4.69) is 11.4 Å². The van der Waals surface area contributed by atoms with Gasteiger partial charge in [0.2, 0.25) is 10.0 Å². The van der Waals surface area contributed by atoms with Crippen LogP contribution < -0.4 is 10.5 Å². The minimum atomic E-state index is -3.61. The fourth-order valence-corrected chi connectivity index (χ4v) is 6.64. The topological polar surface area (TPSA) is 72.2 Å². The molecule has 0 saturated heterocycles. The number of halogens is 2. The molecule has 7 heteroatoms. The van der Waals surface area contributed by atoms with Crippen molar-refractivity contribution < 1.29 is 12.8 Å². The Morgan fingerprint density at radius 2 is 2.03 bits per heavy atom. The first kappa shape index (κ1) is 22.7. The number of rotatable bonds is 9. The molecule has 0 heterocycles. The molecule has 2 aliphatic rings. The number of hydrogen-bond donors (Lipinski definition) is 2. The number of benzene rings is 2. The molecule has 0 aliphatic heterocycles. The Balaban J connectivity index is 1.59. The molecule has 0 radical (unpaired) electrons. The second-order valence-electron chi connectivity index (χ2n) is 9.11. The molecule has 2 aromatic rings. The minimum absolute atomic E-state index is 0.128. The third-order valence-electron chi connectivity index (χ3n) is 6.84. The highest BCUT2D eigenvalue weighted by molar-refractivity contribution is 7.89. The predicted octanol–water partition coefficient (Wildman–Crippen LogP) is 4.20. The third-order valence-corrected chi connectivity index (χ3v) is 8.54. The van der Waals surface area contributed by atoms with Gasteiger partial charge in [-0.1, -0.05) is 29.8 Å². The Labute approximate surface area is 189 Å². The summed E-state index contributed by atoms with van der Waals surface area (Å²) in [5.74, 6) is 0.521. The number of nitrogens with one attached hydrogen (secondary N) is 1. The highest BCUT2D eigenvalue weighted by atomic mass is 35.5. The van der Waals surface area contributed by atoms with Gasteiger partial charge < -0.3 is 5.32 Å². The van der Waals surface area contributed by atoms with Gasteiger partial charge in [0.15, 0.2) is 0 Å². The van der Waals surface area contributed by atoms with E-state index in [9.17, 15) is 12.8 Å². The van der Waals surface area contributed by atoms with Crippen LogP contribution in [-0.2, 0) is 29.3 Å². The van der Waals surface area contributed by atoms with Crippen molar-refractivity contribution in [3.05, 3.63) is 69.5 Å². The molecule has 0 aromatic heterocycles. The lowest BCUT2D eigenvalue weighted by Gasteiger charge is -2.21. The number of nitrogens with two attached hydrogens (primary N) is 1. The van der Waals surface area contributed by atoms with Crippen LogP contribution in [0.15, 0.2) is 36.4 Å². The molecule has 0 spiro atoms. The maximum atomic E-state index is 14.9. The Hall–Kier alpha value is -1.47. The molecule has 4 nitrogen and oxygen atoms in total. The summed E-state index contributed by atoms with van der Waals surface area (Å²) in [6.45, 7) is 0.853. The van der Waals surface area contributed by atoms with Crippen LogP contribution in [0.1, 0.15) is 47.4 Å². The highest BCUT2D eigenvalue weighted by Gasteiger charge is 2.38. The second kappa shape index (κ2) is 9.18. The Kier molecular flexibility index (Phi) is 6.73. The van der Waals surface area contributed by atoms with Crippen LogP contribution in [0.2, 0.25) is 5.02 Å². The van der Waals surface area contributed by atoms with E-state index in [4.69, 9.17) is 16.7 Å². The molecule has 31 heavy (non-hydrogen) atoms. The molecule has 0 bridgehead atoms. The van der Waals surface area contributed by atoms with Crippen molar-refractivity contribution in [3.8, 4) is 0 Å². The van der Waals surface area contributed by atoms with Gasteiger partial charge in [-0.25, -0.2) is 17.9 Å². The van der Waals surface area contributed by atoms with Gasteiger partial charge in [-0.15, -0.1) is 0 Å². The zero-order valence-corrected chi connectivity index (χ0v) is 19.4. The van der Waals surface area contributed by atoms with Crippen LogP contribution in [0.25, 0.3) is 0 Å². The van der Waals surface area contributed by atoms with Crippen molar-refractivity contribution in [1.82, 2.24) is 5.32 Å².